The Hall–Kier alpha value is -1.84. The van der Waals surface area contributed by atoms with Gasteiger partial charge in [-0.1, -0.05) is 11.6 Å². The third-order valence-electron chi connectivity index (χ3n) is 4.53. The summed E-state index contributed by atoms with van der Waals surface area (Å²) < 4.78 is 5.11. The van der Waals surface area contributed by atoms with E-state index in [1.165, 1.54) is 11.3 Å². The Morgan fingerprint density at radius 2 is 2.00 bits per heavy atom. The number of nitrogens with two attached hydrogens (primary N) is 1. The first-order chi connectivity index (χ1) is 13.5. The highest BCUT2D eigenvalue weighted by atomic mass is 35.5. The average molecular weight is 459 g/mol. The number of hydrogen-bond acceptors (Lipinski definition) is 5. The second kappa shape index (κ2) is 10.8. The van der Waals surface area contributed by atoms with Gasteiger partial charge in [0.15, 0.2) is 0 Å². The van der Waals surface area contributed by atoms with Gasteiger partial charge in [-0.3, -0.25) is 15.0 Å². The lowest BCUT2D eigenvalue weighted by Gasteiger charge is -2.26. The molecule has 0 spiro atoms. The lowest BCUT2D eigenvalue weighted by Crippen LogP contribution is -2.32. The number of ether oxygens (including phenoxy) is 1. The van der Waals surface area contributed by atoms with Gasteiger partial charge >= 0.3 is 6.03 Å². The smallest absolute Gasteiger partial charge is 0.324 e. The highest BCUT2D eigenvalue weighted by Crippen LogP contribution is 2.37. The van der Waals surface area contributed by atoms with Crippen molar-refractivity contribution in [2.45, 2.75) is 19.4 Å². The Morgan fingerprint density at radius 1 is 1.28 bits per heavy atom. The van der Waals surface area contributed by atoms with Crippen molar-refractivity contribution in [2.75, 3.05) is 37.4 Å². The largest absolute Gasteiger partial charge is 0.385 e. The second-order valence-corrected chi connectivity index (χ2v) is 8.07. The molecule has 0 bridgehead atoms. The average Bonchev–Trinajstić information content (AvgIpc) is 3.01. The number of urea groups is 1. The van der Waals surface area contributed by atoms with Crippen molar-refractivity contribution in [1.29, 1.82) is 0 Å². The van der Waals surface area contributed by atoms with Crippen molar-refractivity contribution in [3.8, 4) is 0 Å². The first-order valence-electron chi connectivity index (χ1n) is 8.97. The van der Waals surface area contributed by atoms with E-state index in [9.17, 15) is 9.59 Å². The number of amides is 3. The standard InChI is InChI=1S/C19H23ClN4O3S.ClH/c1-27-10-2-8-24-9-7-14-15(11-24)28-18(16(14)17(21)25)23-19(26)22-13-5-3-12(20)4-6-13;/h3-6H,2,7-11H2,1H3,(H2,21,25)(H2,22,23,26);1H. The van der Waals surface area contributed by atoms with Gasteiger partial charge in [-0.05, 0) is 42.7 Å². The van der Waals surface area contributed by atoms with Gasteiger partial charge < -0.3 is 15.8 Å². The van der Waals surface area contributed by atoms with Crippen LogP contribution in [0.25, 0.3) is 0 Å². The Labute approximate surface area is 184 Å². The quantitative estimate of drug-likeness (QED) is 0.546. The zero-order valence-corrected chi connectivity index (χ0v) is 18.4. The van der Waals surface area contributed by atoms with E-state index in [1.54, 1.807) is 31.4 Å². The first kappa shape index (κ1) is 23.4. The molecule has 1 aliphatic heterocycles. The van der Waals surface area contributed by atoms with Crippen LogP contribution in [0.1, 0.15) is 27.2 Å². The minimum Gasteiger partial charge on any atom is -0.385 e. The number of benzene rings is 1. The van der Waals surface area contributed by atoms with Gasteiger partial charge in [0.1, 0.15) is 5.00 Å². The number of methoxy groups -OCH3 is 1. The molecule has 0 saturated heterocycles. The molecule has 0 atom stereocenters. The molecule has 0 fully saturated rings. The lowest BCUT2D eigenvalue weighted by atomic mass is 10.0. The number of fused-ring (bicyclic) bond motifs is 1. The SMILES string of the molecule is COCCCN1CCc2c(sc(NC(=O)Nc3ccc(Cl)cc3)c2C(N)=O)C1.Cl. The van der Waals surface area contributed by atoms with E-state index in [4.69, 9.17) is 22.1 Å². The van der Waals surface area contributed by atoms with E-state index >= 15 is 0 Å². The molecule has 2 aromatic rings. The van der Waals surface area contributed by atoms with E-state index in [0.717, 1.165) is 49.5 Å². The van der Waals surface area contributed by atoms with Crippen molar-refractivity contribution in [2.24, 2.45) is 5.73 Å². The predicted molar refractivity (Wildman–Crippen MR) is 120 cm³/mol. The molecule has 158 valence electrons. The molecule has 4 N–H and O–H groups in total. The molecule has 1 aromatic carbocycles. The third-order valence-corrected chi connectivity index (χ3v) is 5.92. The summed E-state index contributed by atoms with van der Waals surface area (Å²) in [6.45, 7) is 3.24. The van der Waals surface area contributed by atoms with Gasteiger partial charge in [0, 0.05) is 48.9 Å². The van der Waals surface area contributed by atoms with E-state index < -0.39 is 11.9 Å². The van der Waals surface area contributed by atoms with Crippen LogP contribution in [-0.4, -0.2) is 43.6 Å². The predicted octanol–water partition coefficient (Wildman–Crippen LogP) is 3.96. The highest BCUT2D eigenvalue weighted by Gasteiger charge is 2.27. The number of thiophene rings is 1. The fourth-order valence-electron chi connectivity index (χ4n) is 3.23. The zero-order chi connectivity index (χ0) is 20.1. The van der Waals surface area contributed by atoms with Crippen molar-refractivity contribution in [1.82, 2.24) is 4.90 Å². The number of carbonyl (C=O) groups excluding carboxylic acids is 2. The lowest BCUT2D eigenvalue weighted by molar-refractivity contribution is 0.0999. The van der Waals surface area contributed by atoms with E-state index in [0.29, 0.717) is 21.3 Å². The van der Waals surface area contributed by atoms with Gasteiger partial charge in [0.25, 0.3) is 5.91 Å². The fraction of sp³-hybridized carbons (Fsp3) is 0.368. The maximum atomic E-state index is 12.4. The second-order valence-electron chi connectivity index (χ2n) is 6.53. The minimum atomic E-state index is -0.521. The van der Waals surface area contributed by atoms with Crippen LogP contribution in [0.3, 0.4) is 0 Å². The minimum absolute atomic E-state index is 0. The number of rotatable bonds is 7. The molecule has 0 saturated carbocycles. The molecular weight excluding hydrogens is 435 g/mol. The number of nitrogens with zero attached hydrogens (tertiary/aromatic N) is 1. The Bertz CT molecular complexity index is 858. The molecule has 1 aliphatic rings. The summed E-state index contributed by atoms with van der Waals surface area (Å²) in [5, 5.41) is 6.58. The van der Waals surface area contributed by atoms with Gasteiger partial charge in [0.2, 0.25) is 0 Å². The summed E-state index contributed by atoms with van der Waals surface area (Å²) in [4.78, 5) is 27.8. The Morgan fingerprint density at radius 3 is 2.66 bits per heavy atom. The zero-order valence-electron chi connectivity index (χ0n) is 16.0. The molecule has 10 heteroatoms. The van der Waals surface area contributed by atoms with Crippen molar-refractivity contribution in [3.05, 3.63) is 45.3 Å². The van der Waals surface area contributed by atoms with E-state index in [-0.39, 0.29) is 12.4 Å². The molecule has 2 heterocycles. The Balaban J connectivity index is 0.00000300. The van der Waals surface area contributed by atoms with Gasteiger partial charge in [-0.2, -0.15) is 0 Å². The van der Waals surface area contributed by atoms with Crippen LogP contribution in [0.5, 0.6) is 0 Å². The van der Waals surface area contributed by atoms with Gasteiger partial charge in [0.05, 0.1) is 5.56 Å². The summed E-state index contributed by atoms with van der Waals surface area (Å²) in [7, 11) is 1.69. The highest BCUT2D eigenvalue weighted by molar-refractivity contribution is 7.17. The number of hydrogen-bond donors (Lipinski definition) is 3. The van der Waals surface area contributed by atoms with Crippen molar-refractivity contribution in [3.63, 3.8) is 0 Å². The van der Waals surface area contributed by atoms with Crippen LogP contribution >= 0.6 is 35.3 Å². The molecule has 1 aromatic heterocycles. The number of halogens is 2. The fourth-order valence-corrected chi connectivity index (χ4v) is 4.64. The number of nitrogens with one attached hydrogen (secondary N) is 2. The maximum Gasteiger partial charge on any atom is 0.324 e. The molecular formula is C19H24Cl2N4O3S. The first-order valence-corrected chi connectivity index (χ1v) is 10.2. The third kappa shape index (κ3) is 6.07. The molecule has 0 radical (unpaired) electrons. The number of carbonyl (C=O) groups is 2. The number of anilines is 2. The molecule has 0 aliphatic carbocycles. The normalized spacial score (nSPS) is 13.3. The molecule has 3 amide bonds. The summed E-state index contributed by atoms with van der Waals surface area (Å²) in [6.07, 6.45) is 1.69. The summed E-state index contributed by atoms with van der Waals surface area (Å²) in [5.74, 6) is -0.521. The Kier molecular flexibility index (Phi) is 8.73. The van der Waals surface area contributed by atoms with Crippen LogP contribution in [0.2, 0.25) is 5.02 Å². The van der Waals surface area contributed by atoms with Crippen LogP contribution in [-0.2, 0) is 17.7 Å². The van der Waals surface area contributed by atoms with Crippen LogP contribution in [0, 0.1) is 0 Å². The molecule has 29 heavy (non-hydrogen) atoms. The van der Waals surface area contributed by atoms with E-state index in [2.05, 4.69) is 15.5 Å². The van der Waals surface area contributed by atoms with Crippen molar-refractivity contribution >= 4 is 58.0 Å². The summed E-state index contributed by atoms with van der Waals surface area (Å²) in [6, 6.07) is 6.35. The number of primary amides is 1. The molecule has 0 unspecified atom stereocenters. The van der Waals surface area contributed by atoms with Crippen LogP contribution in [0.4, 0.5) is 15.5 Å². The molecule has 7 nitrogen and oxygen atoms in total. The van der Waals surface area contributed by atoms with Gasteiger partial charge in [-0.25, -0.2) is 4.79 Å². The summed E-state index contributed by atoms with van der Waals surface area (Å²) in [5.41, 5.74) is 7.58. The monoisotopic (exact) mass is 458 g/mol. The van der Waals surface area contributed by atoms with Crippen LogP contribution < -0.4 is 16.4 Å². The molecule has 3 rings (SSSR count). The topological polar surface area (TPSA) is 96.7 Å². The van der Waals surface area contributed by atoms with Crippen LogP contribution in [0.15, 0.2) is 24.3 Å². The maximum absolute atomic E-state index is 12.4. The summed E-state index contributed by atoms with van der Waals surface area (Å²) >= 11 is 7.26. The van der Waals surface area contributed by atoms with Crippen molar-refractivity contribution < 1.29 is 14.3 Å². The van der Waals surface area contributed by atoms with E-state index in [1.807, 2.05) is 0 Å². The van der Waals surface area contributed by atoms with Gasteiger partial charge in [-0.15, -0.1) is 23.7 Å².